The standard InChI is InChI=1S/C27H27N7/c1-18-24(20-6-4-19(5-7-20)8-12-28)34-23(9-14-31-34)26(32-18)33-15-10-27(11-16-33)17-22-21(25(27)29)3-2-13-30-22/h2-7,9,13-14,25H,8,10-11,15-17,29H2,1H3/t25-/m1/s1. The van der Waals surface area contributed by atoms with E-state index in [1.54, 1.807) is 0 Å². The molecule has 1 aliphatic carbocycles. The van der Waals surface area contributed by atoms with E-state index in [2.05, 4.69) is 39.3 Å². The summed E-state index contributed by atoms with van der Waals surface area (Å²) in [6.07, 6.45) is 7.14. The summed E-state index contributed by atoms with van der Waals surface area (Å²) in [7, 11) is 0. The number of piperidine rings is 1. The summed E-state index contributed by atoms with van der Waals surface area (Å²) in [5.41, 5.74) is 14.2. The van der Waals surface area contributed by atoms with E-state index in [0.29, 0.717) is 6.42 Å². The lowest BCUT2D eigenvalue weighted by atomic mass is 9.73. The van der Waals surface area contributed by atoms with E-state index >= 15 is 0 Å². The Labute approximate surface area is 198 Å². The van der Waals surface area contributed by atoms with Gasteiger partial charge < -0.3 is 10.6 Å². The number of fused-ring (bicyclic) bond motifs is 2. The van der Waals surface area contributed by atoms with Gasteiger partial charge in [-0.05, 0) is 54.9 Å². The number of aryl methyl sites for hydroxylation is 1. The first-order valence-corrected chi connectivity index (χ1v) is 11.8. The molecule has 0 unspecified atom stereocenters. The van der Waals surface area contributed by atoms with Crippen molar-refractivity contribution >= 4 is 11.3 Å². The van der Waals surface area contributed by atoms with Crippen molar-refractivity contribution < 1.29 is 0 Å². The highest BCUT2D eigenvalue weighted by molar-refractivity contribution is 5.75. The van der Waals surface area contributed by atoms with Crippen molar-refractivity contribution in [2.75, 3.05) is 18.0 Å². The topological polar surface area (TPSA) is 96.1 Å². The fourth-order valence-corrected chi connectivity index (χ4v) is 5.82. The van der Waals surface area contributed by atoms with Gasteiger partial charge in [0.25, 0.3) is 0 Å². The molecule has 1 atom stereocenters. The molecular weight excluding hydrogens is 422 g/mol. The number of nitriles is 1. The van der Waals surface area contributed by atoms with Crippen LogP contribution in [0.5, 0.6) is 0 Å². The molecule has 34 heavy (non-hydrogen) atoms. The van der Waals surface area contributed by atoms with Gasteiger partial charge in [0.05, 0.1) is 30.1 Å². The lowest BCUT2D eigenvalue weighted by Crippen LogP contribution is -2.44. The summed E-state index contributed by atoms with van der Waals surface area (Å²) >= 11 is 0. The Morgan fingerprint density at radius 1 is 1.12 bits per heavy atom. The molecule has 3 aromatic heterocycles. The molecule has 0 radical (unpaired) electrons. The van der Waals surface area contributed by atoms with Crippen LogP contribution in [-0.2, 0) is 12.8 Å². The smallest absolute Gasteiger partial charge is 0.155 e. The Morgan fingerprint density at radius 2 is 1.91 bits per heavy atom. The van der Waals surface area contributed by atoms with E-state index in [1.807, 2.05) is 48.1 Å². The summed E-state index contributed by atoms with van der Waals surface area (Å²) in [5, 5.41) is 13.6. The van der Waals surface area contributed by atoms with E-state index < -0.39 is 0 Å². The molecule has 0 amide bonds. The zero-order valence-corrected chi connectivity index (χ0v) is 19.3. The van der Waals surface area contributed by atoms with Crippen LogP contribution in [0.15, 0.2) is 54.9 Å². The number of pyridine rings is 1. The monoisotopic (exact) mass is 449 g/mol. The fraction of sp³-hybridized carbons (Fsp3) is 0.333. The van der Waals surface area contributed by atoms with Gasteiger partial charge in [0.2, 0.25) is 0 Å². The molecule has 4 aromatic rings. The minimum Gasteiger partial charge on any atom is -0.355 e. The van der Waals surface area contributed by atoms with Crippen LogP contribution in [0.4, 0.5) is 5.82 Å². The maximum absolute atomic E-state index is 8.96. The number of nitrogens with zero attached hydrogens (tertiary/aromatic N) is 6. The molecule has 7 heteroatoms. The minimum absolute atomic E-state index is 0.0504. The van der Waals surface area contributed by atoms with Crippen LogP contribution < -0.4 is 10.6 Å². The average molecular weight is 450 g/mol. The molecular formula is C27H27N7. The van der Waals surface area contributed by atoms with Gasteiger partial charge in [-0.25, -0.2) is 9.50 Å². The molecule has 1 fully saturated rings. The third-order valence-electron chi connectivity index (χ3n) is 7.71. The summed E-state index contributed by atoms with van der Waals surface area (Å²) in [6, 6.07) is 16.5. The van der Waals surface area contributed by atoms with Crippen LogP contribution in [0.3, 0.4) is 0 Å². The number of hydrogen-bond donors (Lipinski definition) is 1. The Bertz CT molecular complexity index is 1410. The van der Waals surface area contributed by atoms with E-state index in [0.717, 1.165) is 66.2 Å². The molecule has 7 nitrogen and oxygen atoms in total. The first kappa shape index (κ1) is 20.8. The Balaban J connectivity index is 1.30. The van der Waals surface area contributed by atoms with Crippen molar-refractivity contribution in [3.05, 3.63) is 77.4 Å². The van der Waals surface area contributed by atoms with Crippen molar-refractivity contribution in [1.82, 2.24) is 19.6 Å². The van der Waals surface area contributed by atoms with Crippen molar-refractivity contribution in [2.45, 2.75) is 38.6 Å². The maximum atomic E-state index is 8.96. The van der Waals surface area contributed by atoms with Gasteiger partial charge in [-0.1, -0.05) is 30.3 Å². The molecule has 170 valence electrons. The number of anilines is 1. The molecule has 0 saturated carbocycles. The van der Waals surface area contributed by atoms with Gasteiger partial charge in [0, 0.05) is 36.6 Å². The predicted molar refractivity (Wildman–Crippen MR) is 131 cm³/mol. The highest BCUT2D eigenvalue weighted by atomic mass is 15.3. The Morgan fingerprint density at radius 3 is 2.65 bits per heavy atom. The average Bonchev–Trinajstić information content (AvgIpc) is 3.44. The van der Waals surface area contributed by atoms with Crippen LogP contribution in [-0.4, -0.2) is 32.7 Å². The van der Waals surface area contributed by atoms with Crippen LogP contribution in [0, 0.1) is 23.7 Å². The van der Waals surface area contributed by atoms with Gasteiger partial charge in [0.15, 0.2) is 5.82 Å². The maximum Gasteiger partial charge on any atom is 0.155 e. The fourth-order valence-electron chi connectivity index (χ4n) is 5.82. The first-order valence-electron chi connectivity index (χ1n) is 11.8. The molecule has 0 bridgehead atoms. The van der Waals surface area contributed by atoms with E-state index in [4.69, 9.17) is 16.0 Å². The van der Waals surface area contributed by atoms with E-state index in [1.165, 1.54) is 11.3 Å². The second-order valence-electron chi connectivity index (χ2n) is 9.57. The van der Waals surface area contributed by atoms with Gasteiger partial charge in [-0.3, -0.25) is 4.98 Å². The van der Waals surface area contributed by atoms with Gasteiger partial charge in [0.1, 0.15) is 5.52 Å². The lowest BCUT2D eigenvalue weighted by Gasteiger charge is -2.42. The van der Waals surface area contributed by atoms with E-state index in [9.17, 15) is 0 Å². The van der Waals surface area contributed by atoms with E-state index in [-0.39, 0.29) is 11.5 Å². The van der Waals surface area contributed by atoms with Crippen molar-refractivity contribution in [3.8, 4) is 17.3 Å². The molecule has 4 heterocycles. The molecule has 6 rings (SSSR count). The highest BCUT2D eigenvalue weighted by Crippen LogP contribution is 2.50. The second-order valence-corrected chi connectivity index (χ2v) is 9.57. The lowest BCUT2D eigenvalue weighted by molar-refractivity contribution is 0.187. The predicted octanol–water partition coefficient (Wildman–Crippen LogP) is 4.01. The summed E-state index contributed by atoms with van der Waals surface area (Å²) < 4.78 is 2.00. The zero-order valence-electron chi connectivity index (χ0n) is 19.3. The van der Waals surface area contributed by atoms with Gasteiger partial charge in [-0.2, -0.15) is 10.4 Å². The molecule has 2 aliphatic rings. The Kier molecular flexibility index (Phi) is 4.85. The van der Waals surface area contributed by atoms with Crippen molar-refractivity contribution in [3.63, 3.8) is 0 Å². The highest BCUT2D eigenvalue weighted by Gasteiger charge is 2.46. The minimum atomic E-state index is 0.0504. The summed E-state index contributed by atoms with van der Waals surface area (Å²) in [4.78, 5) is 12.1. The molecule has 1 aliphatic heterocycles. The molecule has 2 N–H and O–H groups in total. The van der Waals surface area contributed by atoms with Crippen LogP contribution in [0.25, 0.3) is 16.8 Å². The largest absolute Gasteiger partial charge is 0.355 e. The third-order valence-corrected chi connectivity index (χ3v) is 7.71. The molecule has 1 aromatic carbocycles. The number of hydrogen-bond acceptors (Lipinski definition) is 6. The normalized spacial score (nSPS) is 18.9. The summed E-state index contributed by atoms with van der Waals surface area (Å²) in [5.74, 6) is 0.983. The van der Waals surface area contributed by atoms with Crippen LogP contribution in [0.2, 0.25) is 0 Å². The van der Waals surface area contributed by atoms with Gasteiger partial charge >= 0.3 is 0 Å². The third kappa shape index (κ3) is 3.17. The van der Waals surface area contributed by atoms with Crippen molar-refractivity contribution in [1.29, 1.82) is 5.26 Å². The van der Waals surface area contributed by atoms with Gasteiger partial charge in [-0.15, -0.1) is 0 Å². The van der Waals surface area contributed by atoms with Crippen LogP contribution in [0.1, 0.15) is 41.4 Å². The number of nitrogens with two attached hydrogens (primary N) is 1. The number of benzene rings is 1. The second kappa shape index (κ2) is 7.93. The quantitative estimate of drug-likeness (QED) is 0.508. The number of rotatable bonds is 3. The molecule has 1 spiro atoms. The number of aromatic nitrogens is 4. The molecule has 1 saturated heterocycles. The Hall–Kier alpha value is -3.76. The first-order chi connectivity index (χ1) is 16.6. The zero-order chi connectivity index (χ0) is 23.3. The van der Waals surface area contributed by atoms with Crippen LogP contribution >= 0.6 is 0 Å². The SMILES string of the molecule is Cc1nc(N2CCC3(CC2)Cc2ncccc2[C@H]3N)c2ccnn2c1-c1ccc(CC#N)cc1. The van der Waals surface area contributed by atoms with Crippen molar-refractivity contribution in [2.24, 2.45) is 11.1 Å². The summed E-state index contributed by atoms with van der Waals surface area (Å²) in [6.45, 7) is 3.87.